The van der Waals surface area contributed by atoms with E-state index in [9.17, 15) is 4.79 Å². The zero-order valence-electron chi connectivity index (χ0n) is 9.63. The molecule has 0 aromatic heterocycles. The van der Waals surface area contributed by atoms with Gasteiger partial charge in [0.15, 0.2) is 0 Å². The third-order valence-electron chi connectivity index (χ3n) is 3.20. The number of carbonyl (C=O) groups excluding carboxylic acids is 1. The zero-order chi connectivity index (χ0) is 10.8. The van der Waals surface area contributed by atoms with Gasteiger partial charge in [0.25, 0.3) is 0 Å². The lowest BCUT2D eigenvalue weighted by Gasteiger charge is -2.36. The summed E-state index contributed by atoms with van der Waals surface area (Å²) in [7, 11) is 0. The third-order valence-corrected chi connectivity index (χ3v) is 3.20. The molecule has 1 aliphatic carbocycles. The summed E-state index contributed by atoms with van der Waals surface area (Å²) < 4.78 is 0. The fourth-order valence-electron chi connectivity index (χ4n) is 2.23. The van der Waals surface area contributed by atoms with Gasteiger partial charge in [-0.1, -0.05) is 31.6 Å². The maximum atomic E-state index is 10.6. The van der Waals surface area contributed by atoms with E-state index in [0.717, 1.165) is 11.9 Å². The summed E-state index contributed by atoms with van der Waals surface area (Å²) in [6, 6.07) is 0. The first kappa shape index (κ1) is 11.2. The summed E-state index contributed by atoms with van der Waals surface area (Å²) in [4.78, 5) is 10.6. The van der Waals surface area contributed by atoms with Crippen molar-refractivity contribution in [1.29, 1.82) is 0 Å². The molecule has 1 heteroatoms. The maximum absolute atomic E-state index is 10.6. The van der Waals surface area contributed by atoms with Crippen molar-refractivity contribution in [2.75, 3.05) is 0 Å². The van der Waals surface area contributed by atoms with Crippen LogP contribution in [0.1, 0.15) is 40.5 Å². The largest absolute Gasteiger partial charge is 0.298 e. The van der Waals surface area contributed by atoms with Crippen LogP contribution in [0.2, 0.25) is 0 Å². The Morgan fingerprint density at radius 3 is 2.71 bits per heavy atom. The molecule has 78 valence electrons. The van der Waals surface area contributed by atoms with Gasteiger partial charge in [0.2, 0.25) is 0 Å². The van der Waals surface area contributed by atoms with E-state index >= 15 is 0 Å². The first-order chi connectivity index (χ1) is 6.47. The normalized spacial score (nSPS) is 27.0. The third kappa shape index (κ3) is 2.34. The Balaban J connectivity index is 2.97. The number of hydrogen-bond acceptors (Lipinski definition) is 1. The fraction of sp³-hybridized carbons (Fsp3) is 0.615. The Morgan fingerprint density at radius 2 is 2.21 bits per heavy atom. The second-order valence-electron chi connectivity index (χ2n) is 4.98. The van der Waals surface area contributed by atoms with Gasteiger partial charge in [-0.2, -0.15) is 0 Å². The Morgan fingerprint density at radius 1 is 1.57 bits per heavy atom. The van der Waals surface area contributed by atoms with Gasteiger partial charge in [-0.15, -0.1) is 0 Å². The molecule has 0 saturated heterocycles. The average molecular weight is 192 g/mol. The van der Waals surface area contributed by atoms with Gasteiger partial charge in [0.1, 0.15) is 6.29 Å². The van der Waals surface area contributed by atoms with E-state index in [2.05, 4.69) is 32.9 Å². The highest BCUT2D eigenvalue weighted by Crippen LogP contribution is 2.41. The van der Waals surface area contributed by atoms with Crippen LogP contribution in [0.3, 0.4) is 0 Å². The SMILES string of the molecule is CC(C=O)=CC1C(C)=CCCC1(C)C. The van der Waals surface area contributed by atoms with E-state index in [4.69, 9.17) is 0 Å². The second-order valence-corrected chi connectivity index (χ2v) is 4.98. The number of rotatable bonds is 2. The van der Waals surface area contributed by atoms with Gasteiger partial charge in [0.05, 0.1) is 0 Å². The highest BCUT2D eigenvalue weighted by molar-refractivity contribution is 5.72. The minimum Gasteiger partial charge on any atom is -0.298 e. The molecule has 0 amide bonds. The van der Waals surface area contributed by atoms with Crippen molar-refractivity contribution in [1.82, 2.24) is 0 Å². The summed E-state index contributed by atoms with van der Waals surface area (Å²) in [6.07, 6.45) is 7.72. The molecule has 0 radical (unpaired) electrons. The van der Waals surface area contributed by atoms with E-state index < -0.39 is 0 Å². The Bertz CT molecular complexity index is 282. The van der Waals surface area contributed by atoms with Crippen LogP contribution in [0.4, 0.5) is 0 Å². The molecule has 0 bridgehead atoms. The van der Waals surface area contributed by atoms with E-state index in [-0.39, 0.29) is 0 Å². The van der Waals surface area contributed by atoms with Crippen LogP contribution in [-0.4, -0.2) is 6.29 Å². The molecule has 1 aliphatic rings. The van der Waals surface area contributed by atoms with Crippen molar-refractivity contribution in [2.45, 2.75) is 40.5 Å². The highest BCUT2D eigenvalue weighted by Gasteiger charge is 2.30. The van der Waals surface area contributed by atoms with Gasteiger partial charge in [-0.05, 0) is 37.7 Å². The summed E-state index contributed by atoms with van der Waals surface area (Å²) >= 11 is 0. The van der Waals surface area contributed by atoms with Gasteiger partial charge >= 0.3 is 0 Å². The van der Waals surface area contributed by atoms with E-state index in [1.165, 1.54) is 18.4 Å². The minimum absolute atomic E-state index is 0.295. The van der Waals surface area contributed by atoms with Crippen LogP contribution in [0.5, 0.6) is 0 Å². The summed E-state index contributed by atoms with van der Waals surface area (Å²) in [5.41, 5.74) is 2.54. The smallest absolute Gasteiger partial charge is 0.145 e. The lowest BCUT2D eigenvalue weighted by molar-refractivity contribution is -0.104. The Labute approximate surface area is 86.9 Å². The monoisotopic (exact) mass is 192 g/mol. The van der Waals surface area contributed by atoms with Crippen LogP contribution < -0.4 is 0 Å². The van der Waals surface area contributed by atoms with E-state index in [0.29, 0.717) is 11.3 Å². The Hall–Kier alpha value is -0.850. The maximum Gasteiger partial charge on any atom is 0.145 e. The molecule has 0 spiro atoms. The van der Waals surface area contributed by atoms with E-state index in [1.807, 2.05) is 6.92 Å². The number of allylic oxidation sites excluding steroid dienone is 4. The van der Waals surface area contributed by atoms with Crippen LogP contribution in [0.25, 0.3) is 0 Å². The molecule has 14 heavy (non-hydrogen) atoms. The van der Waals surface area contributed by atoms with Crippen LogP contribution in [0.15, 0.2) is 23.3 Å². The van der Waals surface area contributed by atoms with Crippen molar-refractivity contribution < 1.29 is 4.79 Å². The molecule has 1 atom stereocenters. The number of aldehydes is 1. The summed E-state index contributed by atoms with van der Waals surface area (Å²) in [6.45, 7) is 8.61. The molecular formula is C13H20O. The lowest BCUT2D eigenvalue weighted by Crippen LogP contribution is -2.26. The van der Waals surface area contributed by atoms with Gasteiger partial charge < -0.3 is 0 Å². The zero-order valence-corrected chi connectivity index (χ0v) is 9.63. The first-order valence-corrected chi connectivity index (χ1v) is 5.27. The van der Waals surface area contributed by atoms with Crippen LogP contribution >= 0.6 is 0 Å². The molecule has 0 aliphatic heterocycles. The van der Waals surface area contributed by atoms with Gasteiger partial charge in [0, 0.05) is 5.92 Å². The number of hydrogen-bond donors (Lipinski definition) is 0. The Kier molecular flexibility index (Phi) is 3.30. The van der Waals surface area contributed by atoms with Crippen LogP contribution in [-0.2, 0) is 4.79 Å². The molecule has 0 aromatic carbocycles. The topological polar surface area (TPSA) is 17.1 Å². The molecule has 0 saturated carbocycles. The fourth-order valence-corrected chi connectivity index (χ4v) is 2.23. The van der Waals surface area contributed by atoms with Crippen molar-refractivity contribution in [3.63, 3.8) is 0 Å². The summed E-state index contributed by atoms with van der Waals surface area (Å²) in [5, 5.41) is 0. The molecule has 0 fully saturated rings. The first-order valence-electron chi connectivity index (χ1n) is 5.27. The molecule has 0 aromatic rings. The predicted octanol–water partition coefficient (Wildman–Crippen LogP) is 3.51. The highest BCUT2D eigenvalue weighted by atomic mass is 16.1. The molecule has 0 heterocycles. The molecule has 1 nitrogen and oxygen atoms in total. The van der Waals surface area contributed by atoms with Crippen molar-refractivity contribution in [2.24, 2.45) is 11.3 Å². The molecular weight excluding hydrogens is 172 g/mol. The van der Waals surface area contributed by atoms with E-state index in [1.54, 1.807) is 0 Å². The molecule has 1 unspecified atom stereocenters. The predicted molar refractivity (Wildman–Crippen MR) is 60.1 cm³/mol. The number of carbonyl (C=O) groups is 1. The second kappa shape index (κ2) is 4.12. The molecule has 0 N–H and O–H groups in total. The standard InChI is InChI=1S/C13H20O/c1-10(9-14)8-12-11(2)6-5-7-13(12,3)4/h6,8-9,12H,5,7H2,1-4H3. The van der Waals surface area contributed by atoms with Crippen molar-refractivity contribution in [3.05, 3.63) is 23.3 Å². The van der Waals surface area contributed by atoms with Crippen LogP contribution in [0, 0.1) is 11.3 Å². The van der Waals surface area contributed by atoms with Gasteiger partial charge in [-0.3, -0.25) is 4.79 Å². The minimum atomic E-state index is 0.295. The van der Waals surface area contributed by atoms with Crippen molar-refractivity contribution >= 4 is 6.29 Å². The van der Waals surface area contributed by atoms with Gasteiger partial charge in [-0.25, -0.2) is 0 Å². The average Bonchev–Trinajstić information content (AvgIpc) is 2.11. The lowest BCUT2D eigenvalue weighted by atomic mass is 9.68. The molecule has 1 rings (SSSR count). The quantitative estimate of drug-likeness (QED) is 0.372. The van der Waals surface area contributed by atoms with Crippen molar-refractivity contribution in [3.8, 4) is 0 Å². The summed E-state index contributed by atoms with van der Waals surface area (Å²) in [5.74, 6) is 0.432.